The largest absolute Gasteiger partial charge is 0.469 e. The lowest BCUT2D eigenvalue weighted by Gasteiger charge is -2.19. The lowest BCUT2D eigenvalue weighted by atomic mass is 9.88. The summed E-state index contributed by atoms with van der Waals surface area (Å²) in [6, 6.07) is 0. The fourth-order valence-electron chi connectivity index (χ4n) is 4.73. The molecule has 168 valence electrons. The van der Waals surface area contributed by atoms with Gasteiger partial charge in [0.1, 0.15) is 0 Å². The molecular weight excluding hydrogens is 376 g/mol. The van der Waals surface area contributed by atoms with Crippen LogP contribution in [0.3, 0.4) is 0 Å². The first kappa shape index (κ1) is 24.6. The maximum Gasteiger partial charge on any atom is 0.305 e. The van der Waals surface area contributed by atoms with Crippen molar-refractivity contribution in [1.29, 1.82) is 0 Å². The first-order valence-corrected chi connectivity index (χ1v) is 11.4. The van der Waals surface area contributed by atoms with Crippen LogP contribution >= 0.6 is 0 Å². The number of hydrogen-bond donors (Lipinski definition) is 2. The molecular formula is C26H40O4. The number of aliphatic hydroxyl groups is 2. The Labute approximate surface area is 182 Å². The molecule has 0 unspecified atom stereocenters. The zero-order chi connectivity index (χ0) is 22.1. The Morgan fingerprint density at radius 1 is 1.33 bits per heavy atom. The summed E-state index contributed by atoms with van der Waals surface area (Å²) in [5, 5.41) is 20.9. The maximum atomic E-state index is 11.2. The van der Waals surface area contributed by atoms with Crippen LogP contribution in [0.25, 0.3) is 0 Å². The van der Waals surface area contributed by atoms with Crippen LogP contribution in [0, 0.1) is 23.7 Å². The molecule has 0 aromatic carbocycles. The van der Waals surface area contributed by atoms with Crippen molar-refractivity contribution < 1.29 is 19.7 Å². The third-order valence-electron chi connectivity index (χ3n) is 6.39. The Morgan fingerprint density at radius 2 is 2.10 bits per heavy atom. The number of methoxy groups -OCH3 is 1. The average Bonchev–Trinajstić information content (AvgIpc) is 3.19. The number of carbonyl (C=O) groups is 1. The second-order valence-corrected chi connectivity index (χ2v) is 9.32. The van der Waals surface area contributed by atoms with E-state index in [0.717, 1.165) is 32.1 Å². The molecule has 30 heavy (non-hydrogen) atoms. The Morgan fingerprint density at radius 3 is 2.80 bits per heavy atom. The van der Waals surface area contributed by atoms with Crippen molar-refractivity contribution in [2.75, 3.05) is 7.11 Å². The summed E-state index contributed by atoms with van der Waals surface area (Å²) in [6.45, 7) is 6.42. The van der Waals surface area contributed by atoms with Gasteiger partial charge in [0, 0.05) is 12.3 Å². The molecule has 0 aromatic heterocycles. The van der Waals surface area contributed by atoms with E-state index in [0.29, 0.717) is 30.6 Å². The smallest absolute Gasteiger partial charge is 0.305 e. The molecule has 0 heterocycles. The van der Waals surface area contributed by atoms with Gasteiger partial charge in [0.25, 0.3) is 0 Å². The molecule has 0 aliphatic heterocycles. The number of ether oxygens (including phenoxy) is 1. The Bertz CT molecular complexity index is 669. The van der Waals surface area contributed by atoms with E-state index in [-0.39, 0.29) is 18.0 Å². The third kappa shape index (κ3) is 7.88. The van der Waals surface area contributed by atoms with Crippen LogP contribution in [-0.2, 0) is 9.53 Å². The van der Waals surface area contributed by atoms with Crippen LogP contribution < -0.4 is 0 Å². The molecule has 0 saturated heterocycles. The quantitative estimate of drug-likeness (QED) is 0.362. The number of esters is 1. The van der Waals surface area contributed by atoms with Gasteiger partial charge in [-0.05, 0) is 70.1 Å². The first-order chi connectivity index (χ1) is 14.3. The topological polar surface area (TPSA) is 66.8 Å². The van der Waals surface area contributed by atoms with Gasteiger partial charge in [-0.3, -0.25) is 4.79 Å². The number of aliphatic hydroxyl groups excluding tert-OH is 2. The highest BCUT2D eigenvalue weighted by Crippen LogP contribution is 2.47. The van der Waals surface area contributed by atoms with E-state index in [1.54, 1.807) is 0 Å². The predicted octanol–water partition coefficient (Wildman–Crippen LogP) is 5.13. The van der Waals surface area contributed by atoms with E-state index in [2.05, 4.69) is 49.8 Å². The summed E-state index contributed by atoms with van der Waals surface area (Å²) in [4.78, 5) is 11.2. The van der Waals surface area contributed by atoms with E-state index in [4.69, 9.17) is 0 Å². The van der Waals surface area contributed by atoms with Crippen LogP contribution in [0.15, 0.2) is 47.6 Å². The van der Waals surface area contributed by atoms with Gasteiger partial charge in [0.05, 0.1) is 19.3 Å². The van der Waals surface area contributed by atoms with Gasteiger partial charge in [0.15, 0.2) is 0 Å². The summed E-state index contributed by atoms with van der Waals surface area (Å²) >= 11 is 0. The second-order valence-electron chi connectivity index (χ2n) is 9.32. The second kappa shape index (κ2) is 12.3. The van der Waals surface area contributed by atoms with Gasteiger partial charge in [-0.1, -0.05) is 54.5 Å². The van der Waals surface area contributed by atoms with E-state index in [1.807, 2.05) is 12.2 Å². The number of carbonyl (C=O) groups excluding carboxylic acids is 1. The molecule has 0 bridgehead atoms. The third-order valence-corrected chi connectivity index (χ3v) is 6.39. The number of fused-ring (bicyclic) bond motifs is 1. The molecule has 2 N–H and O–H groups in total. The lowest BCUT2D eigenvalue weighted by molar-refractivity contribution is -0.140. The van der Waals surface area contributed by atoms with Crippen LogP contribution in [0.4, 0.5) is 0 Å². The molecule has 1 saturated carbocycles. The van der Waals surface area contributed by atoms with E-state index in [1.165, 1.54) is 18.3 Å². The van der Waals surface area contributed by atoms with Crippen molar-refractivity contribution in [1.82, 2.24) is 0 Å². The summed E-state index contributed by atoms with van der Waals surface area (Å²) in [6.07, 6.45) is 17.6. The zero-order valence-electron chi connectivity index (χ0n) is 19.1. The molecule has 4 nitrogen and oxygen atoms in total. The predicted molar refractivity (Wildman–Crippen MR) is 122 cm³/mol. The van der Waals surface area contributed by atoms with Crippen LogP contribution in [0.2, 0.25) is 0 Å². The fraction of sp³-hybridized carbons (Fsp3) is 0.654. The van der Waals surface area contributed by atoms with E-state index in [9.17, 15) is 15.0 Å². The number of hydrogen-bond acceptors (Lipinski definition) is 4. The SMILES string of the molecule is COC(=O)CCC=CC1=C[C@H]2C[C@@H](O)[C@@H](/C=C\[C@H](O)C[C@H](C)CCC=C(C)C)[C@H]2C1. The molecule has 2 aliphatic carbocycles. The summed E-state index contributed by atoms with van der Waals surface area (Å²) < 4.78 is 4.66. The highest BCUT2D eigenvalue weighted by atomic mass is 16.5. The lowest BCUT2D eigenvalue weighted by Crippen LogP contribution is -2.18. The van der Waals surface area contributed by atoms with Gasteiger partial charge in [-0.2, -0.15) is 0 Å². The number of allylic oxidation sites excluding steroid dienone is 6. The molecule has 1 fully saturated rings. The van der Waals surface area contributed by atoms with Crippen molar-refractivity contribution in [3.63, 3.8) is 0 Å². The Hall–Kier alpha value is -1.65. The zero-order valence-corrected chi connectivity index (χ0v) is 19.1. The maximum absolute atomic E-state index is 11.2. The molecule has 0 radical (unpaired) electrons. The highest BCUT2D eigenvalue weighted by molar-refractivity contribution is 5.69. The van der Waals surface area contributed by atoms with Crippen molar-refractivity contribution in [3.8, 4) is 0 Å². The van der Waals surface area contributed by atoms with Gasteiger partial charge < -0.3 is 14.9 Å². The molecule has 4 heteroatoms. The van der Waals surface area contributed by atoms with Gasteiger partial charge in [-0.25, -0.2) is 0 Å². The molecule has 6 atom stereocenters. The van der Waals surface area contributed by atoms with E-state index < -0.39 is 6.10 Å². The normalized spacial score (nSPS) is 27.9. The molecule has 0 amide bonds. The van der Waals surface area contributed by atoms with Crippen LogP contribution in [-0.4, -0.2) is 35.5 Å². The first-order valence-electron chi connectivity index (χ1n) is 11.4. The monoisotopic (exact) mass is 416 g/mol. The molecule has 2 rings (SSSR count). The van der Waals surface area contributed by atoms with Crippen molar-refractivity contribution in [3.05, 3.63) is 47.6 Å². The summed E-state index contributed by atoms with van der Waals surface area (Å²) in [7, 11) is 1.41. The number of rotatable bonds is 11. The van der Waals surface area contributed by atoms with Crippen LogP contribution in [0.1, 0.15) is 65.7 Å². The van der Waals surface area contributed by atoms with Gasteiger partial charge >= 0.3 is 5.97 Å². The summed E-state index contributed by atoms with van der Waals surface area (Å²) in [5.74, 6) is 1.18. The standard InChI is InChI=1S/C26H40O4/c1-18(2)8-7-9-19(3)14-22(27)12-13-23-24-16-20(15-21(24)17-25(23)28)10-5-6-11-26(29)30-4/h5,8,10,12-13,15,19,21-25,27-28H,6-7,9,11,14,16-17H2,1-4H3/b10-5?,13-12-/t19-,21+,22+,23+,24+,25-/m1/s1. The molecule has 2 aliphatic rings. The van der Waals surface area contributed by atoms with Gasteiger partial charge in [-0.15, -0.1) is 0 Å². The van der Waals surface area contributed by atoms with Crippen molar-refractivity contribution in [2.24, 2.45) is 23.7 Å². The minimum atomic E-state index is -0.454. The minimum absolute atomic E-state index is 0.0999. The molecule has 0 aromatic rings. The van der Waals surface area contributed by atoms with Gasteiger partial charge in [0.2, 0.25) is 0 Å². The average molecular weight is 417 g/mol. The van der Waals surface area contributed by atoms with E-state index >= 15 is 0 Å². The Balaban J connectivity index is 1.81. The highest BCUT2D eigenvalue weighted by Gasteiger charge is 2.42. The van der Waals surface area contributed by atoms with Crippen molar-refractivity contribution in [2.45, 2.75) is 77.9 Å². The minimum Gasteiger partial charge on any atom is -0.469 e. The fourth-order valence-corrected chi connectivity index (χ4v) is 4.73. The molecule has 0 spiro atoms. The summed E-state index contributed by atoms with van der Waals surface area (Å²) in [5.41, 5.74) is 2.63. The van der Waals surface area contributed by atoms with Crippen molar-refractivity contribution >= 4 is 5.97 Å². The van der Waals surface area contributed by atoms with Crippen LogP contribution in [0.5, 0.6) is 0 Å². The Kier molecular flexibility index (Phi) is 10.1.